The summed E-state index contributed by atoms with van der Waals surface area (Å²) in [5.41, 5.74) is 4.95. The summed E-state index contributed by atoms with van der Waals surface area (Å²) >= 11 is 0. The first-order chi connectivity index (χ1) is 17.8. The van der Waals surface area contributed by atoms with Gasteiger partial charge in [0.15, 0.2) is 0 Å². The number of rotatable bonds is 9. The monoisotopic (exact) mass is 512 g/mol. The lowest BCUT2D eigenvalue weighted by molar-refractivity contribution is 0.0246. The Balaban J connectivity index is 1.51. The van der Waals surface area contributed by atoms with E-state index in [4.69, 9.17) is 4.74 Å². The molecule has 2 heterocycles. The van der Waals surface area contributed by atoms with E-state index >= 15 is 0 Å². The van der Waals surface area contributed by atoms with Crippen molar-refractivity contribution >= 4 is 22.6 Å². The molecule has 1 aromatic heterocycles. The molecule has 198 valence electrons. The number of alkyl halides is 2. The van der Waals surface area contributed by atoms with Crippen molar-refractivity contribution in [2.75, 3.05) is 38.6 Å². The number of carboxylic acids is 1. The number of hydrogen-bond acceptors (Lipinski definition) is 5. The average molecular weight is 513 g/mol. The van der Waals surface area contributed by atoms with Gasteiger partial charge in [-0.15, -0.1) is 0 Å². The van der Waals surface area contributed by atoms with Gasteiger partial charge in [0.2, 0.25) is 0 Å². The lowest BCUT2D eigenvalue weighted by Crippen LogP contribution is -2.49. The number of aromatic carboxylic acids is 1. The van der Waals surface area contributed by atoms with Crippen LogP contribution in [0.5, 0.6) is 5.75 Å². The van der Waals surface area contributed by atoms with Gasteiger partial charge in [0.25, 0.3) is 6.43 Å². The first-order valence-corrected chi connectivity index (χ1v) is 12.9. The van der Waals surface area contributed by atoms with Gasteiger partial charge in [0.1, 0.15) is 5.75 Å². The van der Waals surface area contributed by atoms with Gasteiger partial charge < -0.3 is 20.1 Å². The molecule has 1 aliphatic heterocycles. The van der Waals surface area contributed by atoms with Crippen LogP contribution in [0.15, 0.2) is 36.5 Å². The molecule has 0 radical (unpaired) electrons. The Labute approximate surface area is 215 Å². The molecule has 0 unspecified atom stereocenters. The van der Waals surface area contributed by atoms with Gasteiger partial charge in [-0.3, -0.25) is 9.80 Å². The number of benzene rings is 2. The molecule has 37 heavy (non-hydrogen) atoms. The number of methoxy groups -OCH3 is 1. The number of fused-ring (bicyclic) bond motifs is 1. The summed E-state index contributed by atoms with van der Waals surface area (Å²) in [7, 11) is 1.66. The molecule has 0 bridgehead atoms. The molecule has 2 aliphatic rings. The van der Waals surface area contributed by atoms with Crippen LogP contribution in [-0.2, 0) is 6.54 Å². The highest BCUT2D eigenvalue weighted by atomic mass is 19.3. The minimum atomic E-state index is -2.41. The molecular weight excluding hydrogens is 478 g/mol. The van der Waals surface area contributed by atoms with E-state index in [2.05, 4.69) is 15.2 Å². The number of carboxylic acid groups (broad SMARTS) is 1. The molecule has 2 fully saturated rings. The third-order valence-electron chi connectivity index (χ3n) is 7.79. The highest BCUT2D eigenvalue weighted by Gasteiger charge is 2.32. The molecule has 0 amide bonds. The van der Waals surface area contributed by atoms with Crippen molar-refractivity contribution in [1.82, 2.24) is 14.8 Å². The molecule has 1 atom stereocenters. The fourth-order valence-electron chi connectivity index (χ4n) is 5.58. The zero-order valence-electron chi connectivity index (χ0n) is 21.3. The highest BCUT2D eigenvalue weighted by Crippen LogP contribution is 2.36. The number of aryl methyl sites for hydroxylation is 1. The van der Waals surface area contributed by atoms with Crippen molar-refractivity contribution in [3.8, 4) is 5.75 Å². The number of carbonyl (C=O) groups is 1. The Hall–Kier alpha value is -3.17. The minimum Gasteiger partial charge on any atom is -0.496 e. The minimum absolute atomic E-state index is 0.183. The van der Waals surface area contributed by atoms with Gasteiger partial charge in [0.05, 0.1) is 19.2 Å². The van der Waals surface area contributed by atoms with Crippen molar-refractivity contribution in [2.24, 2.45) is 0 Å². The summed E-state index contributed by atoms with van der Waals surface area (Å²) in [6, 6.07) is 9.53. The predicted octanol–water partition coefficient (Wildman–Crippen LogP) is 5.27. The molecule has 3 N–H and O–H groups in total. The van der Waals surface area contributed by atoms with Gasteiger partial charge in [0, 0.05) is 66.6 Å². The van der Waals surface area contributed by atoms with Gasteiger partial charge >= 0.3 is 5.97 Å². The van der Waals surface area contributed by atoms with E-state index in [1.807, 2.05) is 37.4 Å². The molecular formula is C28H34F2N4O3. The van der Waals surface area contributed by atoms with Crippen LogP contribution >= 0.6 is 0 Å². The van der Waals surface area contributed by atoms with Gasteiger partial charge in [-0.1, -0.05) is 6.07 Å². The zero-order chi connectivity index (χ0) is 26.1. The van der Waals surface area contributed by atoms with E-state index < -0.39 is 12.4 Å². The van der Waals surface area contributed by atoms with E-state index in [1.165, 1.54) is 0 Å². The fraction of sp³-hybridized carbons (Fsp3) is 0.464. The lowest BCUT2D eigenvalue weighted by atomic mass is 9.92. The van der Waals surface area contributed by atoms with E-state index in [0.717, 1.165) is 52.6 Å². The Kier molecular flexibility index (Phi) is 7.35. The van der Waals surface area contributed by atoms with Crippen LogP contribution in [-0.4, -0.2) is 71.6 Å². The molecule has 5 rings (SSSR count). The van der Waals surface area contributed by atoms with E-state index in [1.54, 1.807) is 18.1 Å². The van der Waals surface area contributed by atoms with Crippen molar-refractivity contribution in [2.45, 2.75) is 51.2 Å². The normalized spacial score (nSPS) is 19.3. The zero-order valence-corrected chi connectivity index (χ0v) is 21.3. The summed E-state index contributed by atoms with van der Waals surface area (Å²) in [6.07, 6.45) is 2.67. The van der Waals surface area contributed by atoms with Crippen LogP contribution in [0.4, 0.5) is 14.5 Å². The number of halogens is 2. The maximum Gasteiger partial charge on any atom is 0.337 e. The van der Waals surface area contributed by atoms with E-state index in [9.17, 15) is 18.7 Å². The Morgan fingerprint density at radius 2 is 2.05 bits per heavy atom. The van der Waals surface area contributed by atoms with Gasteiger partial charge in [-0.2, -0.15) is 0 Å². The number of anilines is 1. The molecule has 3 aromatic rings. The SMILES string of the molecule is COc1cc(C)c2[nH]ccc2c1CN1CCN(CC(F)F)C[C@H]1c1ccc(C(=O)O)c(NC2CCC2)c1. The Morgan fingerprint density at radius 1 is 1.24 bits per heavy atom. The maximum absolute atomic E-state index is 13.3. The van der Waals surface area contributed by atoms with Crippen LogP contribution in [0, 0.1) is 6.92 Å². The number of nitrogens with one attached hydrogen (secondary N) is 2. The second-order valence-electron chi connectivity index (χ2n) is 10.2. The Morgan fingerprint density at radius 3 is 2.73 bits per heavy atom. The number of ether oxygens (including phenoxy) is 1. The molecule has 1 saturated heterocycles. The van der Waals surface area contributed by atoms with Crippen LogP contribution in [0.2, 0.25) is 0 Å². The molecule has 1 aliphatic carbocycles. The van der Waals surface area contributed by atoms with Gasteiger partial charge in [-0.05, 0) is 61.6 Å². The highest BCUT2D eigenvalue weighted by molar-refractivity contribution is 5.94. The van der Waals surface area contributed by atoms with Gasteiger partial charge in [-0.25, -0.2) is 13.6 Å². The van der Waals surface area contributed by atoms with Crippen LogP contribution in [0.1, 0.15) is 52.4 Å². The molecule has 1 saturated carbocycles. The molecule has 0 spiro atoms. The van der Waals surface area contributed by atoms with Crippen LogP contribution in [0.25, 0.3) is 10.9 Å². The fourth-order valence-corrected chi connectivity index (χ4v) is 5.58. The summed E-state index contributed by atoms with van der Waals surface area (Å²) in [6.45, 7) is 3.91. The quantitative estimate of drug-likeness (QED) is 0.362. The molecule has 2 aromatic carbocycles. The standard InChI is InChI=1S/C28H34F2N4O3/c1-17-12-25(37-2)22(20-8-9-31-27(17)20)14-34-11-10-33(16-26(29)30)15-24(34)18-6-7-21(28(35)36)23(13-18)32-19-4-3-5-19/h6-9,12-13,19,24,26,31-32H,3-5,10-11,14-16H2,1-2H3,(H,35,36)/t24-/m0/s1. The third kappa shape index (κ3) is 5.29. The Bertz CT molecular complexity index is 1270. The number of aromatic nitrogens is 1. The smallest absolute Gasteiger partial charge is 0.337 e. The van der Waals surface area contributed by atoms with Crippen molar-refractivity contribution < 1.29 is 23.4 Å². The van der Waals surface area contributed by atoms with Crippen LogP contribution in [0.3, 0.4) is 0 Å². The van der Waals surface area contributed by atoms with Crippen molar-refractivity contribution in [3.05, 3.63) is 58.8 Å². The summed E-state index contributed by atoms with van der Waals surface area (Å²) < 4.78 is 32.4. The number of aromatic amines is 1. The van der Waals surface area contributed by atoms with Crippen LogP contribution < -0.4 is 10.1 Å². The molecule has 7 nitrogen and oxygen atoms in total. The number of nitrogens with zero attached hydrogens (tertiary/aromatic N) is 2. The second kappa shape index (κ2) is 10.7. The summed E-state index contributed by atoms with van der Waals surface area (Å²) in [5, 5.41) is 14.2. The number of hydrogen-bond donors (Lipinski definition) is 3. The predicted molar refractivity (Wildman–Crippen MR) is 140 cm³/mol. The summed E-state index contributed by atoms with van der Waals surface area (Å²) in [5.74, 6) is -0.181. The lowest BCUT2D eigenvalue weighted by Gasteiger charge is -2.42. The second-order valence-corrected chi connectivity index (χ2v) is 10.2. The van der Waals surface area contributed by atoms with E-state index in [-0.39, 0.29) is 24.2 Å². The van der Waals surface area contributed by atoms with E-state index in [0.29, 0.717) is 31.9 Å². The largest absolute Gasteiger partial charge is 0.496 e. The summed E-state index contributed by atoms with van der Waals surface area (Å²) in [4.78, 5) is 19.3. The topological polar surface area (TPSA) is 80.8 Å². The molecule has 9 heteroatoms. The van der Waals surface area contributed by atoms with Crippen molar-refractivity contribution in [3.63, 3.8) is 0 Å². The third-order valence-corrected chi connectivity index (χ3v) is 7.79. The number of piperazine rings is 1. The maximum atomic E-state index is 13.3. The average Bonchev–Trinajstić information content (AvgIpc) is 3.34. The van der Waals surface area contributed by atoms with Crippen molar-refractivity contribution in [1.29, 1.82) is 0 Å². The first-order valence-electron chi connectivity index (χ1n) is 12.9. The first kappa shape index (κ1) is 25.5. The number of H-pyrrole nitrogens is 1.